The second kappa shape index (κ2) is 24.6. The average Bonchev–Trinajstić information content (AvgIpc) is 1.58. The smallest absolute Gasteiger partial charge is 0.164 e. The van der Waals surface area contributed by atoms with Gasteiger partial charge in [-0.2, -0.15) is 0 Å². The highest BCUT2D eigenvalue weighted by Crippen LogP contribution is 2.47. The number of hydrogen-bond acceptors (Lipinski definition) is 6. The molecule has 16 aromatic rings. The summed E-state index contributed by atoms with van der Waals surface area (Å²) < 4.78 is 0. The molecular weight excluding hydrogens is 1210 g/mol. The van der Waals surface area contributed by atoms with Crippen molar-refractivity contribution < 1.29 is 0 Å². The van der Waals surface area contributed by atoms with Crippen LogP contribution in [0.15, 0.2) is 328 Å². The van der Waals surface area contributed by atoms with Crippen LogP contribution in [0.25, 0.3) is 157 Å². The lowest BCUT2D eigenvalue weighted by Gasteiger charge is -2.12. The number of hydrogen-bond donors (Lipinski definition) is 0. The van der Waals surface area contributed by atoms with Crippen molar-refractivity contribution in [1.82, 2.24) is 29.9 Å². The summed E-state index contributed by atoms with van der Waals surface area (Å²) >= 11 is 0. The lowest BCUT2D eigenvalue weighted by Crippen LogP contribution is -2.01. The van der Waals surface area contributed by atoms with Crippen LogP contribution in [0.4, 0.5) is 0 Å². The van der Waals surface area contributed by atoms with Crippen molar-refractivity contribution in [2.24, 2.45) is 0 Å². The van der Waals surface area contributed by atoms with Crippen LogP contribution in [0.1, 0.15) is 44.5 Å². The second-order valence-corrected chi connectivity index (χ2v) is 26.4. The Morgan fingerprint density at radius 2 is 0.370 bits per heavy atom. The van der Waals surface area contributed by atoms with Crippen molar-refractivity contribution in [3.05, 3.63) is 372 Å². The Bertz CT molecular complexity index is 5510. The lowest BCUT2D eigenvalue weighted by atomic mass is 9.94. The minimum absolute atomic E-state index is 0.670. The molecule has 0 radical (unpaired) electrons. The van der Waals surface area contributed by atoms with Crippen molar-refractivity contribution in [3.8, 4) is 157 Å². The first kappa shape index (κ1) is 58.5. The molecule has 0 aliphatic heterocycles. The summed E-state index contributed by atoms with van der Waals surface area (Å²) in [6, 6.07) is 117. The molecule has 0 N–H and O–H groups in total. The van der Waals surface area contributed by atoms with Gasteiger partial charge in [-0.05, 0) is 183 Å². The van der Waals surface area contributed by atoms with Crippen molar-refractivity contribution in [3.63, 3.8) is 0 Å². The number of rotatable bonds is 10. The minimum Gasteiger partial charge on any atom is -0.208 e. The third kappa shape index (κ3) is 10.7. The Morgan fingerprint density at radius 3 is 0.730 bits per heavy atom. The zero-order valence-corrected chi connectivity index (χ0v) is 54.7. The zero-order chi connectivity index (χ0) is 66.0. The maximum atomic E-state index is 5.16. The fourth-order valence-electron chi connectivity index (χ4n) is 15.5. The van der Waals surface area contributed by atoms with Gasteiger partial charge in [0.05, 0.1) is 0 Å². The van der Waals surface area contributed by atoms with Gasteiger partial charge in [0.25, 0.3) is 0 Å². The molecule has 0 spiro atoms. The first-order valence-electron chi connectivity index (χ1n) is 34.4. The van der Waals surface area contributed by atoms with Crippen molar-refractivity contribution in [2.75, 3.05) is 0 Å². The molecule has 0 amide bonds. The van der Waals surface area contributed by atoms with Gasteiger partial charge in [0.2, 0.25) is 0 Å². The summed E-state index contributed by atoms with van der Waals surface area (Å²) in [6.45, 7) is 0. The molecule has 0 atom stereocenters. The fraction of sp³-hybridized carbons (Fsp3) is 0.0426. The van der Waals surface area contributed by atoms with E-state index in [1.165, 1.54) is 122 Å². The first-order valence-corrected chi connectivity index (χ1v) is 34.4. The van der Waals surface area contributed by atoms with Crippen LogP contribution in [-0.4, -0.2) is 29.9 Å². The topological polar surface area (TPSA) is 77.3 Å². The quantitative estimate of drug-likeness (QED) is 0.136. The van der Waals surface area contributed by atoms with Gasteiger partial charge in [-0.3, -0.25) is 0 Å². The molecule has 20 rings (SSSR count). The molecule has 0 saturated carbocycles. The molecule has 6 nitrogen and oxygen atoms in total. The van der Waals surface area contributed by atoms with Crippen LogP contribution in [0, 0.1) is 0 Å². The molecule has 4 aliphatic carbocycles. The van der Waals surface area contributed by atoms with Crippen LogP contribution in [0.5, 0.6) is 0 Å². The Balaban J connectivity index is 0.000000139. The van der Waals surface area contributed by atoms with Gasteiger partial charge in [-0.1, -0.05) is 303 Å². The van der Waals surface area contributed by atoms with Crippen molar-refractivity contribution in [1.29, 1.82) is 0 Å². The van der Waals surface area contributed by atoms with Crippen molar-refractivity contribution >= 4 is 0 Å². The van der Waals surface area contributed by atoms with E-state index in [4.69, 9.17) is 29.9 Å². The predicted molar refractivity (Wildman–Crippen MR) is 407 cm³/mol. The van der Waals surface area contributed by atoms with Crippen molar-refractivity contribution in [2.45, 2.75) is 25.7 Å². The van der Waals surface area contributed by atoms with Crippen LogP contribution < -0.4 is 0 Å². The summed E-state index contributed by atoms with van der Waals surface area (Å²) in [5.41, 5.74) is 36.8. The van der Waals surface area contributed by atoms with Crippen LogP contribution in [0.2, 0.25) is 0 Å². The molecule has 0 unspecified atom stereocenters. The summed E-state index contributed by atoms with van der Waals surface area (Å²) in [5.74, 6) is 4.08. The van der Waals surface area contributed by atoms with E-state index in [1.54, 1.807) is 0 Å². The maximum absolute atomic E-state index is 5.16. The Morgan fingerprint density at radius 1 is 0.140 bits per heavy atom. The summed E-state index contributed by atoms with van der Waals surface area (Å²) in [5, 5.41) is 0. The zero-order valence-electron chi connectivity index (χ0n) is 54.7. The lowest BCUT2D eigenvalue weighted by molar-refractivity contribution is 1.07. The van der Waals surface area contributed by atoms with Crippen LogP contribution in [0.3, 0.4) is 0 Å². The molecule has 2 heterocycles. The number of benzene rings is 14. The highest BCUT2D eigenvalue weighted by Gasteiger charge is 2.28. The highest BCUT2D eigenvalue weighted by molar-refractivity contribution is 5.93. The number of fused-ring (bicyclic) bond motifs is 12. The Labute approximate surface area is 581 Å². The molecular formula is C94H62N6. The van der Waals surface area contributed by atoms with E-state index in [1.807, 2.05) is 12.1 Å². The van der Waals surface area contributed by atoms with E-state index in [9.17, 15) is 0 Å². The molecule has 6 heteroatoms. The van der Waals surface area contributed by atoms with Gasteiger partial charge in [-0.15, -0.1) is 0 Å². The van der Waals surface area contributed by atoms with E-state index in [0.29, 0.717) is 34.9 Å². The molecule has 2 aromatic heterocycles. The third-order valence-electron chi connectivity index (χ3n) is 20.4. The van der Waals surface area contributed by atoms with Gasteiger partial charge < -0.3 is 0 Å². The average molecular weight is 1280 g/mol. The fourth-order valence-corrected chi connectivity index (χ4v) is 15.5. The van der Waals surface area contributed by atoms with Gasteiger partial charge >= 0.3 is 0 Å². The number of aromatic nitrogens is 6. The normalized spacial score (nSPS) is 12.2. The largest absolute Gasteiger partial charge is 0.208 e. The summed E-state index contributed by atoms with van der Waals surface area (Å²) in [7, 11) is 0. The molecule has 468 valence electrons. The van der Waals surface area contributed by atoms with Crippen LogP contribution >= 0.6 is 0 Å². The molecule has 14 aromatic carbocycles. The summed E-state index contributed by atoms with van der Waals surface area (Å²) in [4.78, 5) is 30.8. The standard InChI is InChI=1S/2C47H31N3/c2*1-3-10-30(11-4-1)31-18-20-33(21-19-31)45-48-46(36-22-24-41-38(28-36)26-34-14-7-8-16-40(34)41)50-47(49-45)37-23-25-43-39(29-37)27-35-15-9-17-42(44(35)43)32-12-5-2-6-13-32/h2*1-25,28-29H,26-27H2. The summed E-state index contributed by atoms with van der Waals surface area (Å²) in [6.07, 6.45) is 3.61. The predicted octanol–water partition coefficient (Wildman–Crippen LogP) is 22.7. The van der Waals surface area contributed by atoms with E-state index in [-0.39, 0.29) is 0 Å². The van der Waals surface area contributed by atoms with Gasteiger partial charge in [0.15, 0.2) is 34.9 Å². The van der Waals surface area contributed by atoms with E-state index >= 15 is 0 Å². The van der Waals surface area contributed by atoms with Crippen LogP contribution in [-0.2, 0) is 25.7 Å². The first-order chi connectivity index (χ1) is 49.5. The molecule has 0 saturated heterocycles. The molecule has 4 aliphatic rings. The Hall–Kier alpha value is -12.9. The second-order valence-electron chi connectivity index (χ2n) is 26.4. The van der Waals surface area contributed by atoms with Gasteiger partial charge in [0, 0.05) is 33.4 Å². The van der Waals surface area contributed by atoms with E-state index in [0.717, 1.165) is 70.2 Å². The maximum Gasteiger partial charge on any atom is 0.164 e. The van der Waals surface area contributed by atoms with E-state index < -0.39 is 0 Å². The molecule has 0 bridgehead atoms. The number of nitrogens with zero attached hydrogens (tertiary/aromatic N) is 6. The van der Waals surface area contributed by atoms with E-state index in [2.05, 4.69) is 315 Å². The Kier molecular flexibility index (Phi) is 14.4. The third-order valence-corrected chi connectivity index (χ3v) is 20.4. The molecule has 0 fully saturated rings. The molecule has 100 heavy (non-hydrogen) atoms. The monoisotopic (exact) mass is 1270 g/mol. The van der Waals surface area contributed by atoms with Gasteiger partial charge in [-0.25, -0.2) is 29.9 Å². The minimum atomic E-state index is 0.670. The van der Waals surface area contributed by atoms with Gasteiger partial charge in [0.1, 0.15) is 0 Å². The highest BCUT2D eigenvalue weighted by atomic mass is 15.0. The SMILES string of the molecule is c1ccc(-c2ccc(-c3nc(-c4ccc5c(c4)Cc4ccccc4-5)nc(-c4ccc5c(c4)Cc4cccc(-c6ccccc6)c4-5)n3)cc2)cc1.c1ccc(-c2ccc(-c3nc(-c4ccc5c(c4)Cc4ccccc4-5)nc(-c4ccc5c(c4)Cc4cccc(-c6ccccc6)c4-5)n3)cc2)cc1.